The zero-order valence-corrected chi connectivity index (χ0v) is 41.9. The molecule has 0 bridgehead atoms. The fraction of sp³-hybridized carbons (Fsp3) is 0.462. The van der Waals surface area contributed by atoms with Gasteiger partial charge in [0, 0.05) is 66.9 Å². The smallest absolute Gasteiger partial charge is 0.376 e. The quantitative estimate of drug-likeness (QED) is 0.0430. The van der Waals surface area contributed by atoms with Crippen LogP contribution in [-0.4, -0.2) is 117 Å². The van der Waals surface area contributed by atoms with Gasteiger partial charge in [-0.15, -0.1) is 11.3 Å². The second-order valence-corrected chi connectivity index (χ2v) is 22.4. The lowest BCUT2D eigenvalue weighted by atomic mass is 9.85. The van der Waals surface area contributed by atoms with Crippen molar-refractivity contribution in [2.24, 2.45) is 5.41 Å². The van der Waals surface area contributed by atoms with E-state index in [0.29, 0.717) is 36.4 Å². The lowest BCUT2D eigenvalue weighted by molar-refractivity contribution is -0.150. The Morgan fingerprint density at radius 2 is 1.75 bits per heavy atom. The molecule has 5 heterocycles. The highest BCUT2D eigenvalue weighted by molar-refractivity contribution is 7.52. The standard InChI is InChI=1S/C52H58F2N5O11PS/c1-51(2,3)45(56-47(62)43-27-34-26-35(19-21-42(34)72-43)52(53,54)71(66,67)68)50(65)58-29-36(28-40(58)49(64)57-23-25-70-41(31-57)33-15-10-8-11-16-33)69-24-12-7-5-4-6-9-14-32-17-13-18-37-38(32)30-59(48(37)63)39-20-22-44(60)55-46(39)61/h8,10-11,13,15-19,21,26-27,36,39-41,45H,4-7,12,20,22-25,28-31H2,1-3H3,(H,56,62)(H,55,60,61)(H2,66,67,68)/t36-,39?,40-,41-,45?/m0/s1. The molecule has 3 aromatic carbocycles. The van der Waals surface area contributed by atoms with E-state index in [2.05, 4.69) is 22.5 Å². The van der Waals surface area contributed by atoms with Crippen LogP contribution in [0.15, 0.2) is 72.8 Å². The van der Waals surface area contributed by atoms with Gasteiger partial charge < -0.3 is 39.3 Å². The normalized spacial score (nSPS) is 21.0. The zero-order valence-electron chi connectivity index (χ0n) is 40.2. The molecule has 0 aliphatic carbocycles. The molecule has 3 fully saturated rings. The van der Waals surface area contributed by atoms with Gasteiger partial charge >= 0.3 is 13.3 Å². The van der Waals surface area contributed by atoms with Crippen LogP contribution in [0, 0.1) is 17.3 Å². The number of likely N-dealkylation sites (tertiary alicyclic amines) is 1. The highest BCUT2D eigenvalue weighted by Crippen LogP contribution is 2.59. The average Bonchev–Trinajstić information content (AvgIpc) is 4.07. The van der Waals surface area contributed by atoms with Crippen molar-refractivity contribution in [1.29, 1.82) is 0 Å². The number of halogens is 2. The van der Waals surface area contributed by atoms with Crippen LogP contribution in [0.25, 0.3) is 10.1 Å². The third-order valence-corrected chi connectivity index (χ3v) is 15.7. The van der Waals surface area contributed by atoms with E-state index in [1.54, 1.807) is 37.8 Å². The molecule has 6 amide bonds. The van der Waals surface area contributed by atoms with Gasteiger partial charge in [-0.1, -0.05) is 87.9 Å². The van der Waals surface area contributed by atoms with Gasteiger partial charge in [0.25, 0.3) is 11.8 Å². The molecule has 16 nitrogen and oxygen atoms in total. The monoisotopic (exact) mass is 1030 g/mol. The maximum absolute atomic E-state index is 14.8. The third-order valence-electron chi connectivity index (χ3n) is 13.6. The molecular formula is C52H58F2N5O11PS. The van der Waals surface area contributed by atoms with Gasteiger partial charge in [0.05, 0.1) is 24.1 Å². The Balaban J connectivity index is 0.891. The number of rotatable bonds is 15. The Morgan fingerprint density at radius 1 is 0.986 bits per heavy atom. The molecule has 72 heavy (non-hydrogen) atoms. The van der Waals surface area contributed by atoms with Crippen LogP contribution in [0.1, 0.15) is 121 Å². The van der Waals surface area contributed by atoms with Crippen molar-refractivity contribution in [2.45, 2.75) is 115 Å². The summed E-state index contributed by atoms with van der Waals surface area (Å²) in [6.07, 6.45) is 3.73. The molecule has 0 spiro atoms. The number of unbranched alkanes of at least 4 members (excludes halogenated alkanes) is 4. The SMILES string of the molecule is CC(C)(C)C(NC(=O)c1cc2cc(C(F)(F)P(=O)(O)O)ccc2s1)C(=O)N1C[C@@H](OCCCCCCC#Cc2cccc3c2CN(C2CCC(=O)NC2=O)C3=O)C[C@H]1C(=O)N1CCO[C@H](c2ccccc2)C1. The number of imide groups is 1. The molecule has 4 aromatic rings. The minimum Gasteiger partial charge on any atom is -0.376 e. The largest absolute Gasteiger partial charge is 0.399 e. The molecule has 4 aliphatic rings. The third kappa shape index (κ3) is 11.5. The summed E-state index contributed by atoms with van der Waals surface area (Å²) in [5.41, 5.74) is -3.26. The molecule has 3 saturated heterocycles. The van der Waals surface area contributed by atoms with Gasteiger partial charge in [-0.3, -0.25) is 38.6 Å². The summed E-state index contributed by atoms with van der Waals surface area (Å²) >= 11 is 0.973. The molecule has 4 aliphatic heterocycles. The van der Waals surface area contributed by atoms with E-state index in [1.807, 2.05) is 36.4 Å². The molecule has 0 radical (unpaired) electrons. The van der Waals surface area contributed by atoms with Crippen molar-refractivity contribution in [3.8, 4) is 11.8 Å². The maximum atomic E-state index is 14.8. The fourth-order valence-electron chi connectivity index (χ4n) is 9.63. The number of alkyl halides is 2. The van der Waals surface area contributed by atoms with Crippen molar-refractivity contribution in [1.82, 2.24) is 25.3 Å². The first-order valence-corrected chi connectivity index (χ1v) is 26.6. The van der Waals surface area contributed by atoms with Gasteiger partial charge in [-0.2, -0.15) is 8.78 Å². The Labute approximate surface area is 419 Å². The van der Waals surface area contributed by atoms with E-state index in [0.717, 1.165) is 65.8 Å². The highest BCUT2D eigenvalue weighted by atomic mass is 32.1. The molecular weight excluding hydrogens is 972 g/mol. The first-order valence-electron chi connectivity index (χ1n) is 24.1. The summed E-state index contributed by atoms with van der Waals surface area (Å²) in [4.78, 5) is 104. The molecule has 20 heteroatoms. The van der Waals surface area contributed by atoms with Gasteiger partial charge in [0.1, 0.15) is 24.2 Å². The number of carbonyl (C=O) groups excluding carboxylic acids is 6. The number of carbonyl (C=O) groups is 6. The number of nitrogens with zero attached hydrogens (tertiary/aromatic N) is 3. The predicted molar refractivity (Wildman–Crippen MR) is 262 cm³/mol. The first-order chi connectivity index (χ1) is 34.2. The van der Waals surface area contributed by atoms with Gasteiger partial charge in [-0.25, -0.2) is 0 Å². The average molecular weight is 1030 g/mol. The summed E-state index contributed by atoms with van der Waals surface area (Å²) in [5, 5.41) is 5.35. The van der Waals surface area contributed by atoms with Crippen LogP contribution in [0.3, 0.4) is 0 Å². The highest BCUT2D eigenvalue weighted by Gasteiger charge is 2.51. The van der Waals surface area contributed by atoms with Crippen LogP contribution in [0.5, 0.6) is 0 Å². The van der Waals surface area contributed by atoms with E-state index >= 15 is 0 Å². The van der Waals surface area contributed by atoms with Crippen molar-refractivity contribution in [2.75, 3.05) is 32.8 Å². The predicted octanol–water partition coefficient (Wildman–Crippen LogP) is 6.62. The Bertz CT molecular complexity index is 2860. The van der Waals surface area contributed by atoms with E-state index in [-0.39, 0.29) is 73.0 Å². The molecule has 1 aromatic heterocycles. The lowest BCUT2D eigenvalue weighted by Gasteiger charge is -2.38. The minimum absolute atomic E-state index is 0.0865. The summed E-state index contributed by atoms with van der Waals surface area (Å²) in [6, 6.07) is 16.6. The maximum Gasteiger partial charge on any atom is 0.399 e. The number of hydrogen-bond donors (Lipinski definition) is 4. The van der Waals surface area contributed by atoms with E-state index in [9.17, 15) is 51.9 Å². The summed E-state index contributed by atoms with van der Waals surface area (Å²) in [5.74, 6) is 3.98. The minimum atomic E-state index is -5.83. The molecule has 5 atom stereocenters. The molecule has 0 saturated carbocycles. The summed E-state index contributed by atoms with van der Waals surface area (Å²) in [7, 11) is -5.83. The van der Waals surface area contributed by atoms with Crippen molar-refractivity contribution >= 4 is 64.5 Å². The number of benzene rings is 3. The number of ether oxygens (including phenoxy) is 2. The van der Waals surface area contributed by atoms with Crippen LogP contribution in [-0.2, 0) is 45.4 Å². The van der Waals surface area contributed by atoms with E-state index in [4.69, 9.17) is 9.47 Å². The van der Waals surface area contributed by atoms with Gasteiger partial charge in [0.15, 0.2) is 0 Å². The van der Waals surface area contributed by atoms with Gasteiger partial charge in [-0.05, 0) is 71.5 Å². The van der Waals surface area contributed by atoms with Crippen LogP contribution in [0.4, 0.5) is 8.78 Å². The first kappa shape index (κ1) is 52.5. The van der Waals surface area contributed by atoms with Crippen LogP contribution in [0.2, 0.25) is 0 Å². The van der Waals surface area contributed by atoms with Crippen LogP contribution >= 0.6 is 18.9 Å². The second kappa shape index (κ2) is 21.7. The van der Waals surface area contributed by atoms with Crippen molar-refractivity contribution in [3.63, 3.8) is 0 Å². The Hall–Kier alpha value is -5.87. The second-order valence-electron chi connectivity index (χ2n) is 19.7. The lowest BCUT2D eigenvalue weighted by Crippen LogP contribution is -2.58. The fourth-order valence-corrected chi connectivity index (χ4v) is 11.1. The number of fused-ring (bicyclic) bond motifs is 2. The van der Waals surface area contributed by atoms with Gasteiger partial charge in [0.2, 0.25) is 23.6 Å². The summed E-state index contributed by atoms with van der Waals surface area (Å²) in [6.45, 7) is 6.97. The molecule has 2 unspecified atom stereocenters. The summed E-state index contributed by atoms with van der Waals surface area (Å²) < 4.78 is 53.5. The number of nitrogens with one attached hydrogen (secondary N) is 2. The number of piperidine rings is 1. The Kier molecular flexibility index (Phi) is 15.8. The number of amides is 6. The molecule has 8 rings (SSSR count). The van der Waals surface area contributed by atoms with E-state index in [1.165, 1.54) is 21.9 Å². The van der Waals surface area contributed by atoms with Crippen LogP contribution < -0.4 is 10.6 Å². The zero-order chi connectivity index (χ0) is 51.5. The van der Waals surface area contributed by atoms with E-state index < -0.39 is 66.2 Å². The molecule has 4 N–H and O–H groups in total. The van der Waals surface area contributed by atoms with Crippen molar-refractivity contribution < 1.29 is 61.4 Å². The number of thiophene rings is 1. The Morgan fingerprint density at radius 3 is 2.49 bits per heavy atom. The number of morpholine rings is 1. The number of hydrogen-bond acceptors (Lipinski definition) is 10. The topological polar surface area (TPSA) is 212 Å². The van der Waals surface area contributed by atoms with Crippen molar-refractivity contribution in [3.05, 3.63) is 105 Å². The molecule has 382 valence electrons.